The second kappa shape index (κ2) is 10.9. The summed E-state index contributed by atoms with van der Waals surface area (Å²) in [6.45, 7) is 4.33. The summed E-state index contributed by atoms with van der Waals surface area (Å²) >= 11 is 6.84. The van der Waals surface area contributed by atoms with Gasteiger partial charge in [-0.3, -0.25) is 28.9 Å². The lowest BCUT2D eigenvalue weighted by Gasteiger charge is -2.52. The number of rotatable bonds is 7. The van der Waals surface area contributed by atoms with Crippen LogP contribution in [0.3, 0.4) is 0 Å². The van der Waals surface area contributed by atoms with E-state index in [-0.39, 0.29) is 24.2 Å². The minimum atomic E-state index is -2.74. The Hall–Kier alpha value is -2.70. The number of hydrogen-bond donors (Lipinski definition) is 3. The number of fused-ring (bicyclic) bond motifs is 3. The van der Waals surface area contributed by atoms with Crippen LogP contribution < -0.4 is 5.73 Å². The van der Waals surface area contributed by atoms with Crippen LogP contribution >= 0.6 is 11.6 Å². The van der Waals surface area contributed by atoms with Crippen molar-refractivity contribution < 1.29 is 34.2 Å². The monoisotopic (exact) mass is 588 g/mol. The number of aliphatic hydroxyl groups is 1. The number of likely N-dealkylation sites (tertiary alicyclic amines) is 1. The van der Waals surface area contributed by atoms with Crippen LogP contribution in [0, 0.1) is 23.7 Å². The third-order valence-corrected chi connectivity index (χ3v) is 9.98. The minimum absolute atomic E-state index is 0.0129. The lowest BCUT2D eigenvalue weighted by molar-refractivity contribution is -0.181. The third kappa shape index (κ3) is 4.71. The maximum absolute atomic E-state index is 13.9. The second-order valence-corrected chi connectivity index (χ2v) is 12.7. The molecule has 3 fully saturated rings. The summed E-state index contributed by atoms with van der Waals surface area (Å²) in [5, 5.41) is 23.0. The highest BCUT2D eigenvalue weighted by Gasteiger charge is 2.69. The van der Waals surface area contributed by atoms with Gasteiger partial charge in [-0.25, -0.2) is 0 Å². The molecule has 3 aliphatic carbocycles. The number of nitrogens with two attached hydrogens (primary N) is 1. The van der Waals surface area contributed by atoms with Crippen molar-refractivity contribution in [3.05, 3.63) is 27.8 Å². The van der Waals surface area contributed by atoms with E-state index in [0.717, 1.165) is 26.2 Å². The van der Waals surface area contributed by atoms with Crippen LogP contribution in [0.2, 0.25) is 5.02 Å². The molecule has 1 aliphatic heterocycles. The third-order valence-electron chi connectivity index (χ3n) is 9.51. The molecule has 11 nitrogen and oxygen atoms in total. The number of primary amides is 1. The molecule has 0 aromatic heterocycles. The Kier molecular flexibility index (Phi) is 7.88. The number of halogens is 1. The molecule has 0 radical (unpaired) electrons. The molecule has 2 saturated carbocycles. The topological polar surface area (TPSA) is 162 Å². The molecule has 41 heavy (non-hydrogen) atoms. The summed E-state index contributed by atoms with van der Waals surface area (Å²) < 4.78 is 0. The average molecular weight is 589 g/mol. The molecule has 0 spiro atoms. The molecular weight excluding hydrogens is 552 g/mol. The summed E-state index contributed by atoms with van der Waals surface area (Å²) in [7, 11) is 5.06. The molecule has 1 aromatic carbocycles. The van der Waals surface area contributed by atoms with Crippen LogP contribution in [0.15, 0.2) is 6.07 Å². The second-order valence-electron chi connectivity index (χ2n) is 12.3. The van der Waals surface area contributed by atoms with Crippen LogP contribution in [0.4, 0.5) is 0 Å². The van der Waals surface area contributed by atoms with Gasteiger partial charge in [0.1, 0.15) is 5.75 Å². The van der Waals surface area contributed by atoms with Gasteiger partial charge in [0.05, 0.1) is 17.5 Å². The number of ketones is 4. The Morgan fingerprint density at radius 2 is 1.80 bits per heavy atom. The van der Waals surface area contributed by atoms with Gasteiger partial charge in [-0.1, -0.05) is 11.6 Å². The smallest absolute Gasteiger partial charge is 0.235 e. The molecule has 4 N–H and O–H groups in total. The number of amides is 1. The van der Waals surface area contributed by atoms with Crippen molar-refractivity contribution in [3.8, 4) is 5.75 Å². The SMILES string of the molecule is CN(CCN1CCCC1)Cc1cc(O)c2c(c1Cl)C[C@H]1C[C@H]3[C@H](N(C)C)C(=O)C(C(N)=O)C(=O)[C@@]3(O)C(=O)C1C2=O. The van der Waals surface area contributed by atoms with Gasteiger partial charge >= 0.3 is 0 Å². The number of carbonyl (C=O) groups excluding carboxylic acids is 5. The standard InChI is InChI=1S/C29H37ClN4O7/c1-32(2)23-17-11-14-10-16-20(18(35)12-15(22(16)30)13-33(3)8-9-34-6-4-5-7-34)24(36)19(14)26(38)29(17,41)27(39)21(25(23)37)28(31)40/h12,14,17,19,21,23,35,41H,4-11,13H2,1-3H3,(H2,31,40)/t14-,17-,19?,21?,23-,29-/m0/s1. The van der Waals surface area contributed by atoms with Gasteiger partial charge in [0.15, 0.2) is 34.7 Å². The molecule has 0 bridgehead atoms. The number of likely N-dealkylation sites (N-methyl/N-ethyl adjacent to an activating group) is 2. The first-order valence-electron chi connectivity index (χ1n) is 14.1. The number of hydrogen-bond acceptors (Lipinski definition) is 10. The number of phenols is 1. The molecular formula is C29H37ClN4O7. The Balaban J connectivity index is 1.48. The lowest BCUT2D eigenvalue weighted by Crippen LogP contribution is -2.74. The van der Waals surface area contributed by atoms with Crippen LogP contribution in [-0.2, 0) is 32.1 Å². The van der Waals surface area contributed by atoms with Gasteiger partial charge in [0, 0.05) is 30.6 Å². The summed E-state index contributed by atoms with van der Waals surface area (Å²) in [5.74, 6) is -10.7. The van der Waals surface area contributed by atoms with Gasteiger partial charge in [0.25, 0.3) is 0 Å². The number of carbonyl (C=O) groups is 5. The van der Waals surface area contributed by atoms with E-state index in [4.69, 9.17) is 17.3 Å². The zero-order valence-electron chi connectivity index (χ0n) is 23.6. The minimum Gasteiger partial charge on any atom is -0.507 e. The number of phenolic OH excluding ortho intramolecular Hbond substituents is 1. The van der Waals surface area contributed by atoms with E-state index in [9.17, 15) is 34.2 Å². The number of aromatic hydroxyl groups is 1. The number of benzene rings is 1. The normalized spacial score (nSPS) is 31.9. The number of nitrogens with zero attached hydrogens (tertiary/aromatic N) is 3. The highest BCUT2D eigenvalue weighted by atomic mass is 35.5. The fraction of sp³-hybridized carbons (Fsp3) is 0.621. The van der Waals surface area contributed by atoms with E-state index >= 15 is 0 Å². The molecule has 1 heterocycles. The van der Waals surface area contributed by atoms with Gasteiger partial charge in [-0.05, 0) is 83.0 Å². The molecule has 2 unspecified atom stereocenters. The first-order chi connectivity index (χ1) is 19.3. The molecule has 12 heteroatoms. The molecule has 6 atom stereocenters. The van der Waals surface area contributed by atoms with E-state index in [2.05, 4.69) is 9.80 Å². The zero-order valence-corrected chi connectivity index (χ0v) is 24.3. The fourth-order valence-electron chi connectivity index (χ4n) is 7.51. The van der Waals surface area contributed by atoms with Gasteiger partial charge in [0.2, 0.25) is 5.91 Å². The maximum Gasteiger partial charge on any atom is 0.235 e. The van der Waals surface area contributed by atoms with Gasteiger partial charge in [-0.15, -0.1) is 0 Å². The van der Waals surface area contributed by atoms with E-state index in [1.165, 1.54) is 23.8 Å². The van der Waals surface area contributed by atoms with Crippen molar-refractivity contribution in [2.24, 2.45) is 29.4 Å². The average Bonchev–Trinajstić information content (AvgIpc) is 3.41. The zero-order chi connectivity index (χ0) is 30.0. The highest BCUT2D eigenvalue weighted by Crippen LogP contribution is 2.51. The van der Waals surface area contributed by atoms with E-state index in [0.29, 0.717) is 22.7 Å². The molecule has 222 valence electrons. The van der Waals surface area contributed by atoms with Crippen molar-refractivity contribution in [1.82, 2.24) is 14.7 Å². The van der Waals surface area contributed by atoms with Crippen molar-refractivity contribution >= 4 is 40.6 Å². The van der Waals surface area contributed by atoms with E-state index in [1.807, 2.05) is 7.05 Å². The molecule has 1 amide bonds. The van der Waals surface area contributed by atoms with Gasteiger partial charge < -0.3 is 25.7 Å². The highest BCUT2D eigenvalue weighted by molar-refractivity contribution is 6.34. The van der Waals surface area contributed by atoms with Crippen LogP contribution in [-0.4, -0.2) is 113 Å². The number of Topliss-reactive ketones (excluding diaryl/α,β-unsaturated/α-hetero) is 4. The lowest BCUT2D eigenvalue weighted by atomic mass is 9.52. The van der Waals surface area contributed by atoms with E-state index < -0.39 is 64.4 Å². The molecule has 5 rings (SSSR count). The Labute approximate surface area is 243 Å². The fourth-order valence-corrected chi connectivity index (χ4v) is 7.80. The Morgan fingerprint density at radius 1 is 1.15 bits per heavy atom. The Bertz CT molecular complexity index is 1330. The summed E-state index contributed by atoms with van der Waals surface area (Å²) in [6, 6.07) is 0.294. The molecule has 4 aliphatic rings. The first-order valence-corrected chi connectivity index (χ1v) is 14.5. The van der Waals surface area contributed by atoms with Crippen LogP contribution in [0.1, 0.15) is 40.7 Å². The van der Waals surface area contributed by atoms with E-state index in [1.54, 1.807) is 14.1 Å². The maximum atomic E-state index is 13.9. The predicted molar refractivity (Wildman–Crippen MR) is 148 cm³/mol. The molecule has 1 aromatic rings. The van der Waals surface area contributed by atoms with Crippen molar-refractivity contribution in [2.45, 2.75) is 43.9 Å². The Morgan fingerprint density at radius 3 is 2.41 bits per heavy atom. The summed E-state index contributed by atoms with van der Waals surface area (Å²) in [4.78, 5) is 72.3. The van der Waals surface area contributed by atoms with Gasteiger partial charge in [-0.2, -0.15) is 0 Å². The van der Waals surface area contributed by atoms with Crippen molar-refractivity contribution in [3.63, 3.8) is 0 Å². The molecule has 1 saturated heterocycles. The van der Waals surface area contributed by atoms with Crippen LogP contribution in [0.25, 0.3) is 0 Å². The quantitative estimate of drug-likeness (QED) is 0.371. The van der Waals surface area contributed by atoms with Crippen molar-refractivity contribution in [2.75, 3.05) is 47.3 Å². The predicted octanol–water partition coefficient (Wildman–Crippen LogP) is 0.0480. The first kappa shape index (κ1) is 29.8. The van der Waals surface area contributed by atoms with Crippen molar-refractivity contribution in [1.29, 1.82) is 0 Å². The van der Waals surface area contributed by atoms with Crippen LogP contribution in [0.5, 0.6) is 5.75 Å². The largest absolute Gasteiger partial charge is 0.507 e. The summed E-state index contributed by atoms with van der Waals surface area (Å²) in [6.07, 6.45) is 2.54. The summed E-state index contributed by atoms with van der Waals surface area (Å²) in [5.41, 5.74) is 3.59.